The molecule has 0 unspecified atom stereocenters. The predicted octanol–water partition coefficient (Wildman–Crippen LogP) is 15.1. The number of nitrogens with one attached hydrogen (secondary N) is 6. The van der Waals surface area contributed by atoms with Crippen LogP contribution in [-0.4, -0.2) is 289 Å². The van der Waals surface area contributed by atoms with Crippen LogP contribution >= 0.6 is 0 Å². The molecule has 0 aliphatic carbocycles. The fourth-order valence-corrected chi connectivity index (χ4v) is 27.1. The van der Waals surface area contributed by atoms with E-state index in [-0.39, 0.29) is 74.0 Å². The second-order valence-electron chi connectivity index (χ2n) is 53.1. The number of anilines is 9. The van der Waals surface area contributed by atoms with Gasteiger partial charge in [0, 0.05) is 193 Å². The van der Waals surface area contributed by atoms with E-state index in [1.54, 1.807) is 0 Å². The molecule has 9 radical (unpaired) electrons. The third-order valence-corrected chi connectivity index (χ3v) is 31.3. The second-order valence-corrected chi connectivity index (χ2v) is 53.1. The number of aromatic nitrogens is 9. The maximum atomic E-state index is 14.4. The van der Waals surface area contributed by atoms with Gasteiger partial charge in [-0.1, -0.05) is 0 Å². The van der Waals surface area contributed by atoms with Gasteiger partial charge in [0.15, 0.2) is 0 Å². The van der Waals surface area contributed by atoms with Crippen LogP contribution in [0.2, 0.25) is 0 Å². The first-order chi connectivity index (χ1) is 60.4. The van der Waals surface area contributed by atoms with E-state index in [0.29, 0.717) is 189 Å². The molecule has 9 aliphatic heterocycles. The van der Waals surface area contributed by atoms with Gasteiger partial charge in [0.25, 0.3) is 0 Å². The summed E-state index contributed by atoms with van der Waals surface area (Å²) < 4.78 is 0. The normalized spacial score (nSPS) is 27.8. The van der Waals surface area contributed by atoms with Crippen molar-refractivity contribution in [3.8, 4) is 0 Å². The number of rotatable bonds is 27. The molecule has 0 amide bonds. The molecule has 0 saturated carbocycles. The van der Waals surface area contributed by atoms with Crippen molar-refractivity contribution in [3.05, 3.63) is 0 Å². The molecule has 9 saturated heterocycles. The summed E-state index contributed by atoms with van der Waals surface area (Å²) in [7, 11) is 0. The number of hydrogen-bond acceptors (Lipinski definition) is 28. The monoisotopic (exact) mass is 1860 g/mol. The standard InChI is InChI=1S/C96H171N28O9/c1-79(2)43-61(44-80(3,4)116(79)125)100-73-103-70(106-76(109-73)113(64-49-85(13,14)119(128)86(15,16)50-64)65-51-87(17,18)120(129)88(19,20)52-65)97-37-40-112(41-38-98-71-104-74(101-62-45-81(5,6)117(126)82(7,8)46-62)110-77(107-71)114(66-53-89(21,22)121(130)90(23,24)54-66)67-55-91(25,26)122(131)92(27,28)56-67)42-39-99-72-105-75(102-63-47-83(9,10)118(127)84(11,12)48-63)111-78(108-72)115(68-57-93(29,30)123(132)94(31,32)58-68)69-59-95(33,34)124(133)96(35,36)60-69/h61-69H,37-60H2,1-36H3,(H2,97,100,103,106,109)(H2,98,101,104,107,110)(H2,99,102,105,108,111). The minimum Gasteiger partial charge on any atom is -0.353 e. The Balaban J connectivity index is 0.968. The highest BCUT2D eigenvalue weighted by Gasteiger charge is 2.60. The van der Waals surface area contributed by atoms with Crippen LogP contribution in [0.25, 0.3) is 0 Å². The van der Waals surface area contributed by atoms with E-state index in [4.69, 9.17) is 44.9 Å². The van der Waals surface area contributed by atoms with Gasteiger partial charge in [-0.3, -0.25) is 4.90 Å². The SMILES string of the molecule is CC1(C)CC(Nc2nc(NCCN(CCNc3nc(NC4CC(C)(C)N([O])C(C)(C)C4)nc(N(C4CC(C)(C)N([O])C(C)(C)C4)C4CC(C)(C)N([O])C(C)(C)C4)n3)CCNc3nc(NC4CC(C)(C)N([O])C(C)(C)C4)nc(N(C4CC(C)(C)N([O])C(C)(C)C4)C4CC(C)(C)N([O])C(C)(C)C4)n3)nc(N(C3CC(C)(C)N([O])C(C)(C)C3)C3CC(C)(C)N([O])C(C)(C)C3)n2)CC(C)(C)N1[O]. The van der Waals surface area contributed by atoms with Crippen LogP contribution in [0.15, 0.2) is 0 Å². The maximum Gasteiger partial charge on any atom is 0.232 e. The lowest BCUT2D eigenvalue weighted by Crippen LogP contribution is -2.67. The van der Waals surface area contributed by atoms with Crippen LogP contribution in [0.4, 0.5) is 53.5 Å². The van der Waals surface area contributed by atoms with Crippen LogP contribution in [0.3, 0.4) is 0 Å². The molecule has 12 heterocycles. The summed E-state index contributed by atoms with van der Waals surface area (Å²) in [5.41, 5.74) is -14.1. The fraction of sp³-hybridized carbons (Fsp3) is 0.906. The van der Waals surface area contributed by atoms with Crippen molar-refractivity contribution in [2.45, 2.75) is 519 Å². The van der Waals surface area contributed by atoms with Crippen LogP contribution in [0, 0.1) is 0 Å². The average Bonchev–Trinajstić information content (AvgIpc) is 0.740. The van der Waals surface area contributed by atoms with Crippen molar-refractivity contribution < 1.29 is 46.9 Å². The Bertz CT molecular complexity index is 3810. The molecule has 749 valence electrons. The van der Waals surface area contributed by atoms with E-state index < -0.39 is 99.7 Å². The van der Waals surface area contributed by atoms with Crippen LogP contribution in [-0.2, 0) is 46.9 Å². The molecule has 9 fully saturated rings. The second kappa shape index (κ2) is 36.2. The number of piperidine rings is 9. The largest absolute Gasteiger partial charge is 0.353 e. The minimum atomic E-state index is -0.801. The Morgan fingerprint density at radius 1 is 0.203 bits per heavy atom. The maximum absolute atomic E-state index is 14.4. The number of hydroxylamine groups is 18. The number of hydrogen-bond donors (Lipinski definition) is 6. The van der Waals surface area contributed by atoms with E-state index in [1.165, 1.54) is 45.6 Å². The molecular formula is C96H171N28O9. The molecular weight excluding hydrogens is 1690 g/mol. The number of nitrogens with zero attached hydrogens (tertiary/aromatic N) is 22. The zero-order chi connectivity index (χ0) is 99.5. The molecule has 9 aliphatic rings. The fourth-order valence-electron chi connectivity index (χ4n) is 27.1. The Morgan fingerprint density at radius 2 is 0.331 bits per heavy atom. The van der Waals surface area contributed by atoms with E-state index >= 15 is 0 Å². The smallest absolute Gasteiger partial charge is 0.232 e. The summed E-state index contributed by atoms with van der Waals surface area (Å²) >= 11 is 0. The molecule has 0 bridgehead atoms. The third kappa shape index (κ3) is 22.6. The molecule has 3 aromatic heterocycles. The predicted molar refractivity (Wildman–Crippen MR) is 513 cm³/mol. The highest BCUT2D eigenvalue weighted by Crippen LogP contribution is 2.52. The Kier molecular flexibility index (Phi) is 29.0. The van der Waals surface area contributed by atoms with Gasteiger partial charge in [0.1, 0.15) is 0 Å². The Labute approximate surface area is 796 Å². The van der Waals surface area contributed by atoms with Gasteiger partial charge in [-0.2, -0.15) is 44.9 Å². The minimum absolute atomic E-state index is 0.232. The van der Waals surface area contributed by atoms with Gasteiger partial charge in [-0.15, -0.1) is 92.4 Å². The van der Waals surface area contributed by atoms with Crippen molar-refractivity contribution in [2.24, 2.45) is 0 Å². The van der Waals surface area contributed by atoms with E-state index in [2.05, 4.69) is 51.5 Å². The lowest BCUT2D eigenvalue weighted by Gasteiger charge is -2.57. The van der Waals surface area contributed by atoms with Crippen LogP contribution in [0.1, 0.15) is 365 Å². The van der Waals surface area contributed by atoms with Crippen molar-refractivity contribution in [3.63, 3.8) is 0 Å². The highest BCUT2D eigenvalue weighted by atomic mass is 16.5. The summed E-state index contributed by atoms with van der Waals surface area (Å²) in [4.78, 5) is 57.7. The van der Waals surface area contributed by atoms with Gasteiger partial charge in [0.05, 0.1) is 0 Å². The van der Waals surface area contributed by atoms with Crippen LogP contribution in [0.5, 0.6) is 0 Å². The van der Waals surface area contributed by atoms with E-state index in [1.807, 2.05) is 249 Å². The molecule has 12 rings (SSSR count). The molecule has 0 spiro atoms. The molecule has 0 aromatic carbocycles. The van der Waals surface area contributed by atoms with Crippen LogP contribution < -0.4 is 46.6 Å². The summed E-state index contributed by atoms with van der Waals surface area (Å²) in [5.74, 6) is 3.01. The van der Waals surface area contributed by atoms with Gasteiger partial charge >= 0.3 is 0 Å². The quantitative estimate of drug-likeness (QED) is 0.0413. The summed E-state index contributed by atoms with van der Waals surface area (Å²) in [6.45, 7) is 73.6. The first kappa shape index (κ1) is 106. The summed E-state index contributed by atoms with van der Waals surface area (Å²) in [6, 6.07) is -2.26. The highest BCUT2D eigenvalue weighted by molar-refractivity contribution is 5.51. The van der Waals surface area contributed by atoms with Crippen molar-refractivity contribution in [2.75, 3.05) is 85.9 Å². The zero-order valence-electron chi connectivity index (χ0n) is 88.2. The van der Waals surface area contributed by atoms with E-state index in [9.17, 15) is 46.9 Å². The molecule has 3 aromatic rings. The third-order valence-electron chi connectivity index (χ3n) is 31.3. The van der Waals surface area contributed by atoms with Crippen molar-refractivity contribution >= 4 is 53.5 Å². The topological polar surface area (TPSA) is 409 Å². The Hall–Kier alpha value is -5.53. The van der Waals surface area contributed by atoms with Crippen molar-refractivity contribution in [1.82, 2.24) is 95.3 Å². The zero-order valence-corrected chi connectivity index (χ0v) is 88.2. The van der Waals surface area contributed by atoms with Gasteiger partial charge in [0.2, 0.25) is 53.5 Å². The first-order valence-corrected chi connectivity index (χ1v) is 49.5. The first-order valence-electron chi connectivity index (χ1n) is 49.5. The molecule has 0 atom stereocenters. The van der Waals surface area contributed by atoms with Gasteiger partial charge < -0.3 is 46.6 Å². The summed E-state index contributed by atoms with van der Waals surface area (Å²) in [5, 5.41) is 162. The molecule has 37 heteroatoms. The van der Waals surface area contributed by atoms with Gasteiger partial charge in [-0.05, 0) is 365 Å². The summed E-state index contributed by atoms with van der Waals surface area (Å²) in [6.07, 6.45) is 8.71. The lowest BCUT2D eigenvalue weighted by molar-refractivity contribution is -0.294. The molecule has 133 heavy (non-hydrogen) atoms. The molecule has 6 N–H and O–H groups in total. The Morgan fingerprint density at radius 3 is 0.474 bits per heavy atom. The van der Waals surface area contributed by atoms with Crippen molar-refractivity contribution in [1.29, 1.82) is 0 Å². The van der Waals surface area contributed by atoms with Gasteiger partial charge in [-0.25, -0.2) is 0 Å². The van der Waals surface area contributed by atoms with E-state index in [0.717, 1.165) is 0 Å². The average molecular weight is 1860 g/mol. The lowest BCUT2D eigenvalue weighted by atomic mass is 9.74. The molecule has 37 nitrogen and oxygen atoms in total.